The lowest BCUT2D eigenvalue weighted by Gasteiger charge is -2.55. The van der Waals surface area contributed by atoms with Gasteiger partial charge in [0, 0.05) is 6.04 Å². The average molecular weight is 162 g/mol. The second kappa shape index (κ2) is 2.12. The highest BCUT2D eigenvalue weighted by molar-refractivity contribution is 6.25. The topological polar surface area (TPSA) is 12.0 Å². The predicted octanol–water partition coefficient (Wildman–Crippen LogP) is 2.00. The van der Waals surface area contributed by atoms with E-state index in [2.05, 4.69) is 26.1 Å². The van der Waals surface area contributed by atoms with Crippen molar-refractivity contribution < 1.29 is 0 Å². The Morgan fingerprint density at radius 3 is 2.00 bits per heavy atom. The van der Waals surface area contributed by atoms with Gasteiger partial charge in [-0.15, -0.1) is 11.6 Å². The van der Waals surface area contributed by atoms with Crippen molar-refractivity contribution in [2.75, 3.05) is 7.05 Å². The molecular formula is C8H16ClN. The summed E-state index contributed by atoms with van der Waals surface area (Å²) in [4.78, 5) is -0.0156. The van der Waals surface area contributed by atoms with E-state index in [0.717, 1.165) is 6.42 Å². The highest BCUT2D eigenvalue weighted by Crippen LogP contribution is 2.51. The van der Waals surface area contributed by atoms with Gasteiger partial charge in [-0.2, -0.15) is 0 Å². The maximum absolute atomic E-state index is 6.19. The van der Waals surface area contributed by atoms with E-state index in [1.165, 1.54) is 0 Å². The molecule has 0 aliphatic heterocycles. The molecule has 0 aromatic heterocycles. The van der Waals surface area contributed by atoms with Crippen LogP contribution in [0.25, 0.3) is 0 Å². The van der Waals surface area contributed by atoms with Crippen LogP contribution in [0.5, 0.6) is 0 Å². The Kier molecular flexibility index (Phi) is 1.77. The molecule has 1 fully saturated rings. The quantitative estimate of drug-likeness (QED) is 0.581. The Balaban J connectivity index is 2.64. The summed E-state index contributed by atoms with van der Waals surface area (Å²) in [6.07, 6.45) is 1.10. The van der Waals surface area contributed by atoms with Crippen LogP contribution in [-0.4, -0.2) is 18.0 Å². The molecule has 0 radical (unpaired) electrons. The second-order valence-corrected chi connectivity index (χ2v) is 5.03. The molecule has 10 heavy (non-hydrogen) atoms. The number of rotatable bonds is 1. The standard InChI is InChI=1S/C8H16ClN/c1-7(2)5-8(3,9)6(7)10-4/h6,10H,5H2,1-4H3. The van der Waals surface area contributed by atoms with Crippen LogP contribution in [0.3, 0.4) is 0 Å². The highest BCUT2D eigenvalue weighted by atomic mass is 35.5. The van der Waals surface area contributed by atoms with E-state index in [-0.39, 0.29) is 4.87 Å². The smallest absolute Gasteiger partial charge is 0.0582 e. The van der Waals surface area contributed by atoms with Gasteiger partial charge >= 0.3 is 0 Å². The van der Waals surface area contributed by atoms with E-state index in [4.69, 9.17) is 11.6 Å². The maximum Gasteiger partial charge on any atom is 0.0582 e. The molecule has 0 heterocycles. The van der Waals surface area contributed by atoms with Crippen LogP contribution in [0.4, 0.5) is 0 Å². The van der Waals surface area contributed by atoms with Gasteiger partial charge in [-0.1, -0.05) is 13.8 Å². The number of hydrogen-bond donors (Lipinski definition) is 1. The van der Waals surface area contributed by atoms with Crippen LogP contribution in [0, 0.1) is 5.41 Å². The molecule has 0 amide bonds. The summed E-state index contributed by atoms with van der Waals surface area (Å²) >= 11 is 6.19. The molecule has 0 aromatic carbocycles. The lowest BCUT2D eigenvalue weighted by Crippen LogP contribution is -2.64. The molecule has 1 N–H and O–H groups in total. The Morgan fingerprint density at radius 2 is 1.90 bits per heavy atom. The Bertz CT molecular complexity index is 126. The minimum Gasteiger partial charge on any atom is -0.315 e. The van der Waals surface area contributed by atoms with Crippen molar-refractivity contribution in [3.8, 4) is 0 Å². The third kappa shape index (κ3) is 1.06. The largest absolute Gasteiger partial charge is 0.315 e. The van der Waals surface area contributed by atoms with Crippen LogP contribution in [0.15, 0.2) is 0 Å². The zero-order valence-electron chi connectivity index (χ0n) is 7.16. The molecule has 0 spiro atoms. The summed E-state index contributed by atoms with van der Waals surface area (Å²) in [5.74, 6) is 0. The van der Waals surface area contributed by atoms with Gasteiger partial charge in [-0.3, -0.25) is 0 Å². The summed E-state index contributed by atoms with van der Waals surface area (Å²) in [7, 11) is 1.98. The third-order valence-corrected chi connectivity index (χ3v) is 2.83. The molecule has 1 aliphatic rings. The molecule has 0 aromatic rings. The summed E-state index contributed by atoms with van der Waals surface area (Å²) in [6, 6.07) is 0.460. The minimum absolute atomic E-state index is 0.0156. The normalized spacial score (nSPS) is 44.7. The number of hydrogen-bond acceptors (Lipinski definition) is 1. The van der Waals surface area contributed by atoms with Crippen LogP contribution < -0.4 is 5.32 Å². The molecule has 1 aliphatic carbocycles. The van der Waals surface area contributed by atoms with Crippen LogP contribution >= 0.6 is 11.6 Å². The van der Waals surface area contributed by atoms with Crippen molar-refractivity contribution in [1.82, 2.24) is 5.32 Å². The average Bonchev–Trinajstić information content (AvgIpc) is 1.59. The van der Waals surface area contributed by atoms with Crippen molar-refractivity contribution in [3.63, 3.8) is 0 Å². The second-order valence-electron chi connectivity index (χ2n) is 4.17. The fourth-order valence-electron chi connectivity index (χ4n) is 2.47. The van der Waals surface area contributed by atoms with Gasteiger partial charge < -0.3 is 5.32 Å². The van der Waals surface area contributed by atoms with Crippen molar-refractivity contribution in [1.29, 1.82) is 0 Å². The van der Waals surface area contributed by atoms with Gasteiger partial charge in [-0.05, 0) is 25.8 Å². The molecule has 60 valence electrons. The summed E-state index contributed by atoms with van der Waals surface area (Å²) < 4.78 is 0. The zero-order chi connectivity index (χ0) is 7.99. The summed E-state index contributed by atoms with van der Waals surface area (Å²) in [5, 5.41) is 3.25. The summed E-state index contributed by atoms with van der Waals surface area (Å²) in [5.41, 5.74) is 0.380. The van der Waals surface area contributed by atoms with Crippen LogP contribution in [0.2, 0.25) is 0 Å². The number of nitrogens with one attached hydrogen (secondary N) is 1. The van der Waals surface area contributed by atoms with E-state index in [9.17, 15) is 0 Å². The highest BCUT2D eigenvalue weighted by Gasteiger charge is 2.53. The van der Waals surface area contributed by atoms with Crippen molar-refractivity contribution in [2.24, 2.45) is 5.41 Å². The number of alkyl halides is 1. The van der Waals surface area contributed by atoms with Gasteiger partial charge in [0.2, 0.25) is 0 Å². The minimum atomic E-state index is -0.0156. The predicted molar refractivity (Wildman–Crippen MR) is 45.5 cm³/mol. The first kappa shape index (κ1) is 8.35. The SMILES string of the molecule is CNC1C(C)(C)CC1(C)Cl. The van der Waals surface area contributed by atoms with Gasteiger partial charge in [0.25, 0.3) is 0 Å². The Hall–Kier alpha value is 0.250. The van der Waals surface area contributed by atoms with Crippen molar-refractivity contribution in [3.05, 3.63) is 0 Å². The molecule has 1 nitrogen and oxygen atoms in total. The molecule has 1 rings (SSSR count). The molecule has 2 heteroatoms. The zero-order valence-corrected chi connectivity index (χ0v) is 7.92. The van der Waals surface area contributed by atoms with E-state index in [0.29, 0.717) is 11.5 Å². The lowest BCUT2D eigenvalue weighted by molar-refractivity contribution is 0.0660. The fourth-order valence-corrected chi connectivity index (χ4v) is 3.22. The first-order valence-electron chi connectivity index (χ1n) is 3.76. The fraction of sp³-hybridized carbons (Fsp3) is 1.00. The van der Waals surface area contributed by atoms with Gasteiger partial charge in [-0.25, -0.2) is 0 Å². The van der Waals surface area contributed by atoms with Gasteiger partial charge in [0.15, 0.2) is 0 Å². The molecule has 1 saturated carbocycles. The van der Waals surface area contributed by atoms with Crippen molar-refractivity contribution in [2.45, 2.75) is 38.1 Å². The monoisotopic (exact) mass is 161 g/mol. The first-order valence-corrected chi connectivity index (χ1v) is 4.14. The number of halogens is 1. The van der Waals surface area contributed by atoms with Crippen molar-refractivity contribution >= 4 is 11.6 Å². The maximum atomic E-state index is 6.19. The molecule has 0 saturated heterocycles. The molecular weight excluding hydrogens is 146 g/mol. The van der Waals surface area contributed by atoms with Crippen LogP contribution in [0.1, 0.15) is 27.2 Å². The van der Waals surface area contributed by atoms with E-state index in [1.807, 2.05) is 7.05 Å². The van der Waals surface area contributed by atoms with Gasteiger partial charge in [0.1, 0.15) is 0 Å². The lowest BCUT2D eigenvalue weighted by atomic mass is 9.60. The molecule has 0 bridgehead atoms. The van der Waals surface area contributed by atoms with E-state index >= 15 is 0 Å². The van der Waals surface area contributed by atoms with E-state index < -0.39 is 0 Å². The Morgan fingerprint density at radius 1 is 1.40 bits per heavy atom. The van der Waals surface area contributed by atoms with Crippen LogP contribution in [-0.2, 0) is 0 Å². The van der Waals surface area contributed by atoms with Gasteiger partial charge in [0.05, 0.1) is 4.87 Å². The molecule has 2 atom stereocenters. The first-order chi connectivity index (χ1) is 4.40. The van der Waals surface area contributed by atoms with E-state index in [1.54, 1.807) is 0 Å². The summed E-state index contributed by atoms with van der Waals surface area (Å²) in [6.45, 7) is 6.59. The molecule has 2 unspecified atom stereocenters. The third-order valence-electron chi connectivity index (χ3n) is 2.47. The Labute approximate surface area is 68.1 Å².